The minimum atomic E-state index is -1.25. The van der Waals surface area contributed by atoms with Gasteiger partial charge >= 0.3 is 6.16 Å². The second kappa shape index (κ2) is 25.4. The van der Waals surface area contributed by atoms with Crippen LogP contribution in [0.4, 0.5) is 16.3 Å². The number of hydrogen-bond donors (Lipinski definition) is 1. The lowest BCUT2D eigenvalue weighted by molar-refractivity contribution is -0.164. The second-order valence-corrected chi connectivity index (χ2v) is 21.5. The van der Waals surface area contributed by atoms with E-state index < -0.39 is 53.4 Å². The molecule has 0 radical (unpaired) electrons. The van der Waals surface area contributed by atoms with Crippen LogP contribution in [0.2, 0.25) is 5.02 Å². The highest BCUT2D eigenvalue weighted by atomic mass is 35.5. The number of carbonyl (C=O) groups is 6. The number of ether oxygens (including phenoxy) is 7. The summed E-state index contributed by atoms with van der Waals surface area (Å²) in [5.74, 6) is -0.934. The number of aromatic nitrogens is 1. The van der Waals surface area contributed by atoms with Gasteiger partial charge in [-0.3, -0.25) is 33.8 Å². The first-order valence-corrected chi connectivity index (χ1v) is 26.6. The average Bonchev–Trinajstić information content (AvgIpc) is 3.80. The normalized spacial score (nSPS) is 21.4. The molecule has 3 aromatic rings. The summed E-state index contributed by atoms with van der Waals surface area (Å²) in [6.07, 6.45) is 2.12. The van der Waals surface area contributed by atoms with E-state index in [4.69, 9.17) is 49.7 Å². The quantitative estimate of drug-likeness (QED) is 0.0732. The first-order chi connectivity index (χ1) is 37.0. The number of imide groups is 2. The molecule has 1 aliphatic carbocycles. The molecule has 5 aliphatic rings. The van der Waals surface area contributed by atoms with Crippen molar-refractivity contribution in [2.45, 2.75) is 71.6 Å². The molecule has 2 aromatic carbocycles. The summed E-state index contributed by atoms with van der Waals surface area (Å²) >= 11 is 6.27. The van der Waals surface area contributed by atoms with Crippen molar-refractivity contribution in [1.82, 2.24) is 25.0 Å². The Kier molecular flexibility index (Phi) is 18.7. The van der Waals surface area contributed by atoms with E-state index in [0.717, 1.165) is 80.0 Å². The Hall–Kier alpha value is -6.41. The first-order valence-electron chi connectivity index (χ1n) is 26.2. The molecule has 1 aromatic heterocycles. The van der Waals surface area contributed by atoms with Crippen LogP contribution in [-0.4, -0.2) is 186 Å². The van der Waals surface area contributed by atoms with Crippen LogP contribution in [0.3, 0.4) is 0 Å². The summed E-state index contributed by atoms with van der Waals surface area (Å²) in [6.45, 7) is 15.6. The van der Waals surface area contributed by atoms with E-state index in [-0.39, 0.29) is 61.8 Å². The summed E-state index contributed by atoms with van der Waals surface area (Å²) in [5.41, 5.74) is 1.26. The van der Waals surface area contributed by atoms with E-state index in [2.05, 4.69) is 53.8 Å². The number of piperazine rings is 1. The van der Waals surface area contributed by atoms with Crippen LogP contribution in [-0.2, 0) is 38.0 Å². The molecule has 5 heterocycles. The number of anilines is 2. The summed E-state index contributed by atoms with van der Waals surface area (Å²) in [5, 5.41) is 12.8. The van der Waals surface area contributed by atoms with Crippen LogP contribution in [0, 0.1) is 28.1 Å². The molecule has 4 fully saturated rings. The summed E-state index contributed by atoms with van der Waals surface area (Å²) < 4.78 is 37.4. The van der Waals surface area contributed by atoms with Crippen molar-refractivity contribution in [3.05, 3.63) is 82.0 Å². The molecule has 0 bridgehead atoms. The van der Waals surface area contributed by atoms with Gasteiger partial charge in [-0.2, -0.15) is 5.26 Å². The molecule has 3 saturated heterocycles. The number of rotatable bonds is 23. The number of hydrogen-bond acceptors (Lipinski definition) is 18. The molecule has 77 heavy (non-hydrogen) atoms. The van der Waals surface area contributed by atoms with Crippen LogP contribution in [0.1, 0.15) is 90.0 Å². The molecule has 8 rings (SSSR count). The second-order valence-electron chi connectivity index (χ2n) is 21.1. The SMILES string of the molecule is COCCOCCOCCOCCOC(=O)OCN1C(=O)CCC(N2C(=O)c3ccc(N4CCN(CC5CCN(c6ccc(C(=O)N[C@H]7C(C)(C)[C@H](Oc8ccc(C#N)c(Cl)c8)C7(C)C)cn6)CC5)CC4)cc3C2=O)C1=O. The molecule has 5 amide bonds. The molecule has 1 atom stereocenters. The molecule has 1 N–H and O–H groups in total. The van der Waals surface area contributed by atoms with Crippen molar-refractivity contribution in [2.75, 3.05) is 122 Å². The van der Waals surface area contributed by atoms with Gasteiger partial charge in [-0.25, -0.2) is 14.7 Å². The number of pyridine rings is 1. The minimum absolute atomic E-state index is 0.0533. The van der Waals surface area contributed by atoms with E-state index in [1.54, 1.807) is 43.6 Å². The third kappa shape index (κ3) is 13.1. The van der Waals surface area contributed by atoms with Gasteiger partial charge < -0.3 is 48.3 Å². The van der Waals surface area contributed by atoms with Gasteiger partial charge in [0.25, 0.3) is 23.6 Å². The zero-order valence-corrected chi connectivity index (χ0v) is 45.2. The molecule has 414 valence electrons. The number of carbonyl (C=O) groups excluding carboxylic acids is 6. The smallest absolute Gasteiger partial charge is 0.489 e. The van der Waals surface area contributed by atoms with Crippen LogP contribution >= 0.6 is 11.6 Å². The largest absolute Gasteiger partial charge is 0.510 e. The Labute approximate surface area is 453 Å². The molecule has 21 nitrogen and oxygen atoms in total. The lowest BCUT2D eigenvalue weighted by Crippen LogP contribution is -2.74. The van der Waals surface area contributed by atoms with Crippen molar-refractivity contribution in [1.29, 1.82) is 5.26 Å². The maximum Gasteiger partial charge on any atom is 0.510 e. The van der Waals surface area contributed by atoms with Gasteiger partial charge in [0.05, 0.1) is 73.5 Å². The summed E-state index contributed by atoms with van der Waals surface area (Å²) in [7, 11) is 1.59. The number of likely N-dealkylation sites (tertiary alicyclic amines) is 1. The molecular weight excluding hydrogens is 1020 g/mol. The highest BCUT2D eigenvalue weighted by molar-refractivity contribution is 6.31. The van der Waals surface area contributed by atoms with Gasteiger partial charge in [0.2, 0.25) is 5.91 Å². The summed E-state index contributed by atoms with van der Waals surface area (Å²) in [4.78, 5) is 93.1. The average molecular weight is 1090 g/mol. The van der Waals surface area contributed by atoms with E-state index >= 15 is 0 Å². The zero-order chi connectivity index (χ0) is 54.9. The Bertz CT molecular complexity index is 2650. The van der Waals surface area contributed by atoms with Crippen LogP contribution in [0.5, 0.6) is 5.75 Å². The highest BCUT2D eigenvalue weighted by Gasteiger charge is 2.64. The topological polar surface area (TPSA) is 232 Å². The molecule has 0 spiro atoms. The highest BCUT2D eigenvalue weighted by Crippen LogP contribution is 2.55. The molecule has 1 unspecified atom stereocenters. The predicted molar refractivity (Wildman–Crippen MR) is 281 cm³/mol. The number of halogens is 1. The Morgan fingerprint density at radius 3 is 2.06 bits per heavy atom. The van der Waals surface area contributed by atoms with Crippen LogP contribution in [0.15, 0.2) is 54.7 Å². The third-order valence-electron chi connectivity index (χ3n) is 15.3. The van der Waals surface area contributed by atoms with Gasteiger partial charge in [-0.15, -0.1) is 0 Å². The van der Waals surface area contributed by atoms with Crippen molar-refractivity contribution in [2.24, 2.45) is 16.7 Å². The first kappa shape index (κ1) is 56.8. The number of nitrogens with zero attached hydrogens (tertiary/aromatic N) is 7. The van der Waals surface area contributed by atoms with Gasteiger partial charge in [0.1, 0.15) is 36.4 Å². The fourth-order valence-corrected chi connectivity index (χ4v) is 11.6. The molecule has 22 heteroatoms. The number of nitrogens with one attached hydrogen (secondary N) is 1. The fourth-order valence-electron chi connectivity index (χ4n) is 11.4. The molecule has 1 saturated carbocycles. The number of piperidine rings is 2. The van der Waals surface area contributed by atoms with E-state index in [1.165, 1.54) is 0 Å². The zero-order valence-electron chi connectivity index (χ0n) is 44.5. The monoisotopic (exact) mass is 1080 g/mol. The standard InChI is InChI=1S/C55H69ClN8O13/c1-54(2)51(55(3,4)52(54)77-40-9-6-37(32-57)43(56)31-40)59-47(66)38-7-12-45(58-33-38)62-16-14-36(15-17-62)34-60-18-20-61(21-19-60)39-8-10-41-42(30-39)49(68)64(48(41)67)44-11-13-46(65)63(50(44)69)35-76-53(70)75-29-28-74-27-26-73-25-24-72-23-22-71-5/h6-10,12,30-31,33,36,44,51-52H,11,13-29,34-35H2,1-5H3,(H,59,66)/t44?,51-,52-. The Morgan fingerprint density at radius 1 is 0.766 bits per heavy atom. The van der Waals surface area contributed by atoms with Crippen molar-refractivity contribution in [3.8, 4) is 11.8 Å². The van der Waals surface area contributed by atoms with Gasteiger partial charge in [0.15, 0.2) is 6.73 Å². The van der Waals surface area contributed by atoms with Crippen LogP contribution in [0.25, 0.3) is 0 Å². The fraction of sp³-hybridized carbons (Fsp3) is 0.564. The van der Waals surface area contributed by atoms with Gasteiger partial charge in [-0.1, -0.05) is 39.3 Å². The maximum atomic E-state index is 13.9. The van der Waals surface area contributed by atoms with E-state index in [0.29, 0.717) is 60.9 Å². The number of methoxy groups -OCH3 is 1. The number of fused-ring (bicyclic) bond motifs is 1. The lowest BCUT2D eigenvalue weighted by atomic mass is 9.49. The van der Waals surface area contributed by atoms with Crippen molar-refractivity contribution < 1.29 is 61.9 Å². The summed E-state index contributed by atoms with van der Waals surface area (Å²) in [6, 6.07) is 14.6. The Balaban J connectivity index is 0.736. The maximum absolute atomic E-state index is 13.9. The number of amides is 5. The number of benzene rings is 2. The predicted octanol–water partition coefficient (Wildman–Crippen LogP) is 5.18. The van der Waals surface area contributed by atoms with Gasteiger partial charge in [-0.05, 0) is 67.6 Å². The number of nitriles is 1. The van der Waals surface area contributed by atoms with E-state index in [9.17, 15) is 34.0 Å². The van der Waals surface area contributed by atoms with E-state index in [1.807, 2.05) is 18.2 Å². The Morgan fingerprint density at radius 2 is 1.43 bits per heavy atom. The third-order valence-corrected chi connectivity index (χ3v) is 15.6. The van der Waals surface area contributed by atoms with Gasteiger partial charge in [0, 0.05) is 94.2 Å². The molecule has 4 aliphatic heterocycles. The van der Waals surface area contributed by atoms with Crippen molar-refractivity contribution >= 4 is 58.8 Å². The molecular formula is C55H69ClN8O13. The lowest BCUT2D eigenvalue weighted by Gasteiger charge is -2.63. The minimum Gasteiger partial charge on any atom is -0.489 e. The van der Waals surface area contributed by atoms with Crippen molar-refractivity contribution in [3.63, 3.8) is 0 Å². The van der Waals surface area contributed by atoms with Crippen LogP contribution < -0.4 is 19.9 Å².